The molecular weight excluding hydrogens is 486 g/mol. The van der Waals surface area contributed by atoms with E-state index in [2.05, 4.69) is 65.1 Å². The molecule has 1 saturated carbocycles. The molecule has 0 atom stereocenters. The molecule has 3 fully saturated rings. The number of aliphatic hydroxyl groups is 1. The number of fused-ring (bicyclic) bond motifs is 3. The van der Waals surface area contributed by atoms with E-state index in [0.717, 1.165) is 50.3 Å². The van der Waals surface area contributed by atoms with Gasteiger partial charge in [0.05, 0.1) is 23.4 Å². The van der Waals surface area contributed by atoms with Gasteiger partial charge in [-0.15, -0.1) is 0 Å². The highest BCUT2D eigenvalue weighted by Crippen LogP contribution is 2.41. The second kappa shape index (κ2) is 9.63. The summed E-state index contributed by atoms with van der Waals surface area (Å²) < 4.78 is 6.47. The first-order valence-corrected chi connectivity index (χ1v) is 14.9. The molecule has 1 aromatic heterocycles. The molecule has 7 nitrogen and oxygen atoms in total. The molecule has 39 heavy (non-hydrogen) atoms. The zero-order chi connectivity index (χ0) is 26.6. The highest BCUT2D eigenvalue weighted by atomic mass is 16.5. The van der Waals surface area contributed by atoms with Crippen molar-refractivity contribution in [1.29, 1.82) is 0 Å². The third-order valence-electron chi connectivity index (χ3n) is 9.71. The molecular formula is C32H41N5O2. The molecule has 4 heterocycles. The quantitative estimate of drug-likeness (QED) is 0.455. The highest BCUT2D eigenvalue weighted by molar-refractivity contribution is 5.97. The lowest BCUT2D eigenvalue weighted by atomic mass is 9.95. The van der Waals surface area contributed by atoms with Crippen LogP contribution in [0.15, 0.2) is 36.4 Å². The van der Waals surface area contributed by atoms with Crippen molar-refractivity contribution in [2.45, 2.75) is 76.0 Å². The Hall–Kier alpha value is -2.90. The summed E-state index contributed by atoms with van der Waals surface area (Å²) in [5, 5.41) is 13.3. The molecule has 2 saturated heterocycles. The Bertz CT molecular complexity index is 1370. The highest BCUT2D eigenvalue weighted by Gasteiger charge is 2.45. The molecule has 0 radical (unpaired) electrons. The van der Waals surface area contributed by atoms with Crippen molar-refractivity contribution in [3.63, 3.8) is 0 Å². The number of likely N-dealkylation sites (N-methyl/N-ethyl adjacent to an activating group) is 1. The third-order valence-corrected chi connectivity index (χ3v) is 9.71. The standard InChI is InChI=1S/C32H41N5O2/c1-3-23-8-4-9-24-10-5-11-27(28(23)24)36-19-12-25-26(20-36)33-30(34-29(25)35(2)21-32(38)15-16-32)39-22-31-13-6-17-37(31)18-7-14-31/h4-5,8-11,38H,3,6-7,12-22H2,1-2H3. The Kier molecular flexibility index (Phi) is 6.20. The number of nitrogens with zero attached hydrogens (tertiary/aromatic N) is 5. The average Bonchev–Trinajstić information content (AvgIpc) is 3.35. The Labute approximate surface area is 231 Å². The molecule has 1 N–H and O–H groups in total. The number of rotatable bonds is 8. The fourth-order valence-electron chi connectivity index (χ4n) is 7.41. The molecule has 2 aromatic carbocycles. The largest absolute Gasteiger partial charge is 0.461 e. The lowest BCUT2D eigenvalue weighted by Crippen LogP contribution is -2.43. The van der Waals surface area contributed by atoms with Crippen LogP contribution in [-0.4, -0.2) is 70.9 Å². The summed E-state index contributed by atoms with van der Waals surface area (Å²) in [5.41, 5.74) is 4.49. The maximum absolute atomic E-state index is 10.7. The number of hydrogen-bond donors (Lipinski definition) is 1. The van der Waals surface area contributed by atoms with Crippen LogP contribution in [0.4, 0.5) is 11.5 Å². The van der Waals surface area contributed by atoms with Crippen LogP contribution >= 0.6 is 0 Å². The summed E-state index contributed by atoms with van der Waals surface area (Å²) in [6.07, 6.45) is 8.51. The Morgan fingerprint density at radius 1 is 1.00 bits per heavy atom. The summed E-state index contributed by atoms with van der Waals surface area (Å²) in [6, 6.07) is 13.8. The van der Waals surface area contributed by atoms with E-state index in [1.807, 2.05) is 0 Å². The van der Waals surface area contributed by atoms with Gasteiger partial charge in [0.2, 0.25) is 0 Å². The molecule has 206 valence electrons. The zero-order valence-electron chi connectivity index (χ0n) is 23.5. The molecule has 4 aliphatic rings. The van der Waals surface area contributed by atoms with Gasteiger partial charge < -0.3 is 19.6 Å². The van der Waals surface area contributed by atoms with E-state index in [-0.39, 0.29) is 5.54 Å². The smallest absolute Gasteiger partial charge is 0.318 e. The van der Waals surface area contributed by atoms with Crippen molar-refractivity contribution in [1.82, 2.24) is 14.9 Å². The molecule has 0 spiro atoms. The second-order valence-electron chi connectivity index (χ2n) is 12.4. The van der Waals surface area contributed by atoms with Crippen molar-refractivity contribution < 1.29 is 9.84 Å². The first-order chi connectivity index (χ1) is 19.0. The van der Waals surface area contributed by atoms with E-state index in [4.69, 9.17) is 14.7 Å². The van der Waals surface area contributed by atoms with Crippen LogP contribution < -0.4 is 14.5 Å². The van der Waals surface area contributed by atoms with E-state index >= 15 is 0 Å². The van der Waals surface area contributed by atoms with Gasteiger partial charge in [0.15, 0.2) is 0 Å². The van der Waals surface area contributed by atoms with Gasteiger partial charge in [0.1, 0.15) is 12.4 Å². The SMILES string of the molecule is CCc1cccc2cccc(N3CCc4c(nc(OCC56CCCN5CCC6)nc4N(C)CC4(O)CC4)C3)c12. The minimum atomic E-state index is -0.582. The summed E-state index contributed by atoms with van der Waals surface area (Å²) in [4.78, 5) is 17.3. The predicted molar refractivity (Wildman–Crippen MR) is 156 cm³/mol. The van der Waals surface area contributed by atoms with Crippen molar-refractivity contribution in [2.75, 3.05) is 49.6 Å². The van der Waals surface area contributed by atoms with Gasteiger partial charge in [-0.25, -0.2) is 0 Å². The van der Waals surface area contributed by atoms with E-state index in [1.165, 1.54) is 66.4 Å². The Balaban J connectivity index is 1.22. The van der Waals surface area contributed by atoms with Gasteiger partial charge in [-0.1, -0.05) is 37.3 Å². The number of ether oxygens (including phenoxy) is 1. The Morgan fingerprint density at radius 2 is 1.77 bits per heavy atom. The van der Waals surface area contributed by atoms with Crippen molar-refractivity contribution in [3.05, 3.63) is 53.2 Å². The number of anilines is 2. The molecule has 0 amide bonds. The molecule has 0 bridgehead atoms. The van der Waals surface area contributed by atoms with Crippen LogP contribution in [-0.2, 0) is 19.4 Å². The Morgan fingerprint density at radius 3 is 2.51 bits per heavy atom. The second-order valence-corrected chi connectivity index (χ2v) is 12.4. The lowest BCUT2D eigenvalue weighted by molar-refractivity contribution is 0.107. The number of benzene rings is 2. The monoisotopic (exact) mass is 527 g/mol. The summed E-state index contributed by atoms with van der Waals surface area (Å²) in [7, 11) is 2.06. The van der Waals surface area contributed by atoms with Crippen molar-refractivity contribution >= 4 is 22.3 Å². The molecule has 7 heteroatoms. The number of aromatic nitrogens is 2. The van der Waals surface area contributed by atoms with Gasteiger partial charge >= 0.3 is 6.01 Å². The van der Waals surface area contributed by atoms with Crippen LogP contribution in [0.1, 0.15) is 62.3 Å². The van der Waals surface area contributed by atoms with Gasteiger partial charge in [-0.2, -0.15) is 9.97 Å². The molecule has 7 rings (SSSR count). The van der Waals surface area contributed by atoms with Crippen LogP contribution in [0.5, 0.6) is 6.01 Å². The van der Waals surface area contributed by atoms with Crippen molar-refractivity contribution in [2.24, 2.45) is 0 Å². The van der Waals surface area contributed by atoms with E-state index < -0.39 is 5.60 Å². The minimum absolute atomic E-state index is 0.153. The molecule has 3 aliphatic heterocycles. The summed E-state index contributed by atoms with van der Waals surface area (Å²) in [5.74, 6) is 0.925. The first-order valence-electron chi connectivity index (χ1n) is 14.9. The molecule has 3 aromatic rings. The van der Waals surface area contributed by atoms with Gasteiger partial charge in [0.25, 0.3) is 0 Å². The van der Waals surface area contributed by atoms with Crippen molar-refractivity contribution in [3.8, 4) is 6.01 Å². The van der Waals surface area contributed by atoms with Crippen LogP contribution in [0.25, 0.3) is 10.8 Å². The predicted octanol–water partition coefficient (Wildman–Crippen LogP) is 4.72. The summed E-state index contributed by atoms with van der Waals surface area (Å²) >= 11 is 0. The van der Waals surface area contributed by atoms with E-state index in [0.29, 0.717) is 19.2 Å². The van der Waals surface area contributed by atoms with Crippen LogP contribution in [0.2, 0.25) is 0 Å². The van der Waals surface area contributed by atoms with Gasteiger partial charge in [-0.3, -0.25) is 4.90 Å². The number of hydrogen-bond acceptors (Lipinski definition) is 7. The topological polar surface area (TPSA) is 65.0 Å². The van der Waals surface area contributed by atoms with Gasteiger partial charge in [0, 0.05) is 36.8 Å². The number of aryl methyl sites for hydroxylation is 1. The normalized spacial score (nSPS) is 21.2. The summed E-state index contributed by atoms with van der Waals surface area (Å²) in [6.45, 7) is 7.50. The lowest BCUT2D eigenvalue weighted by Gasteiger charge is -2.34. The van der Waals surface area contributed by atoms with E-state index in [9.17, 15) is 5.11 Å². The first kappa shape index (κ1) is 25.1. The van der Waals surface area contributed by atoms with Crippen LogP contribution in [0.3, 0.4) is 0 Å². The minimum Gasteiger partial charge on any atom is -0.461 e. The molecule has 1 aliphatic carbocycles. The van der Waals surface area contributed by atoms with Gasteiger partial charge in [-0.05, 0) is 81.5 Å². The fraction of sp³-hybridized carbons (Fsp3) is 0.562. The zero-order valence-corrected chi connectivity index (χ0v) is 23.5. The maximum Gasteiger partial charge on any atom is 0.318 e. The fourth-order valence-corrected chi connectivity index (χ4v) is 7.41. The molecule has 0 unspecified atom stereocenters. The van der Waals surface area contributed by atoms with E-state index in [1.54, 1.807) is 0 Å². The van der Waals surface area contributed by atoms with Crippen LogP contribution in [0, 0.1) is 0 Å². The third kappa shape index (κ3) is 4.53. The average molecular weight is 528 g/mol. The maximum atomic E-state index is 10.7.